The van der Waals surface area contributed by atoms with Crippen LogP contribution in [0.15, 0.2) is 0 Å². The molecule has 19 heavy (non-hydrogen) atoms. The third-order valence-corrected chi connectivity index (χ3v) is 2.94. The summed E-state index contributed by atoms with van der Waals surface area (Å²) in [5, 5.41) is 8.09. The number of hydrogen-bond acceptors (Lipinski definition) is 4. The van der Waals surface area contributed by atoms with Crippen LogP contribution in [0.4, 0.5) is 0 Å². The molecule has 0 spiro atoms. The summed E-state index contributed by atoms with van der Waals surface area (Å²) in [5.74, 6) is 0.323. The van der Waals surface area contributed by atoms with Gasteiger partial charge in [-0.1, -0.05) is 32.4 Å². The molecule has 5 nitrogen and oxygen atoms in total. The van der Waals surface area contributed by atoms with E-state index in [4.69, 9.17) is 4.74 Å². The second-order valence-electron chi connectivity index (χ2n) is 5.11. The maximum atomic E-state index is 11.8. The molecular formula is C14H25N3O2. The largest absolute Gasteiger partial charge is 0.461 e. The predicted octanol–water partition coefficient (Wildman–Crippen LogP) is 2.84. The van der Waals surface area contributed by atoms with Gasteiger partial charge in [0.1, 0.15) is 0 Å². The molecule has 0 saturated heterocycles. The lowest BCUT2D eigenvalue weighted by molar-refractivity contribution is 0.0518. The van der Waals surface area contributed by atoms with Gasteiger partial charge in [0.15, 0.2) is 5.69 Å². The molecule has 0 N–H and O–H groups in total. The number of rotatable bonds is 8. The van der Waals surface area contributed by atoms with E-state index in [1.807, 2.05) is 4.68 Å². The topological polar surface area (TPSA) is 57.0 Å². The van der Waals surface area contributed by atoms with Gasteiger partial charge in [-0.25, -0.2) is 9.48 Å². The van der Waals surface area contributed by atoms with Gasteiger partial charge in [0.05, 0.1) is 12.3 Å². The summed E-state index contributed by atoms with van der Waals surface area (Å²) in [5.41, 5.74) is 1.29. The molecule has 0 radical (unpaired) electrons. The van der Waals surface area contributed by atoms with Crippen LogP contribution in [0.5, 0.6) is 0 Å². The van der Waals surface area contributed by atoms with Crippen molar-refractivity contribution in [3.63, 3.8) is 0 Å². The minimum absolute atomic E-state index is 0.360. The van der Waals surface area contributed by atoms with Crippen molar-refractivity contribution < 1.29 is 9.53 Å². The Kier molecular flexibility index (Phi) is 6.53. The fourth-order valence-corrected chi connectivity index (χ4v) is 2.00. The molecule has 0 aromatic carbocycles. The summed E-state index contributed by atoms with van der Waals surface area (Å²) in [6, 6.07) is 0. The van der Waals surface area contributed by atoms with Crippen molar-refractivity contribution in [2.75, 3.05) is 6.61 Å². The van der Waals surface area contributed by atoms with Crippen LogP contribution in [0.1, 0.15) is 63.1 Å². The maximum Gasteiger partial charge on any atom is 0.360 e. The van der Waals surface area contributed by atoms with E-state index in [9.17, 15) is 4.79 Å². The molecule has 1 rings (SSSR count). The van der Waals surface area contributed by atoms with Gasteiger partial charge in [0, 0.05) is 6.54 Å². The summed E-state index contributed by atoms with van der Waals surface area (Å²) in [4.78, 5) is 11.8. The highest BCUT2D eigenvalue weighted by molar-refractivity contribution is 5.88. The van der Waals surface area contributed by atoms with Crippen LogP contribution in [0, 0.1) is 5.92 Å². The molecule has 0 fully saturated rings. The van der Waals surface area contributed by atoms with Gasteiger partial charge < -0.3 is 4.74 Å². The van der Waals surface area contributed by atoms with E-state index in [2.05, 4.69) is 31.1 Å². The zero-order valence-electron chi connectivity index (χ0n) is 12.5. The number of esters is 1. The van der Waals surface area contributed by atoms with E-state index < -0.39 is 0 Å². The van der Waals surface area contributed by atoms with Gasteiger partial charge in [-0.15, -0.1) is 5.10 Å². The average Bonchev–Trinajstić information content (AvgIpc) is 2.73. The lowest BCUT2D eigenvalue weighted by Crippen LogP contribution is -2.11. The van der Waals surface area contributed by atoms with Crippen molar-refractivity contribution in [2.45, 2.75) is 59.9 Å². The van der Waals surface area contributed by atoms with Crippen molar-refractivity contribution in [3.8, 4) is 0 Å². The highest BCUT2D eigenvalue weighted by atomic mass is 16.5. The standard InChI is InChI=1S/C14H25N3O2/c1-5-8-12-13(14(18)19-6-2)15-16-17(12)10-7-9-11(3)4/h11H,5-10H2,1-4H3. The third-order valence-electron chi connectivity index (χ3n) is 2.94. The highest BCUT2D eigenvalue weighted by Crippen LogP contribution is 2.12. The normalized spacial score (nSPS) is 11.0. The molecule has 108 valence electrons. The molecule has 1 aromatic heterocycles. The number of nitrogens with zero attached hydrogens (tertiary/aromatic N) is 3. The number of aryl methyl sites for hydroxylation is 1. The third kappa shape index (κ3) is 4.65. The Hall–Kier alpha value is -1.39. The second kappa shape index (κ2) is 7.92. The van der Waals surface area contributed by atoms with E-state index in [1.165, 1.54) is 0 Å². The molecule has 0 unspecified atom stereocenters. The lowest BCUT2D eigenvalue weighted by atomic mass is 10.1. The number of ether oxygens (including phenoxy) is 1. The Morgan fingerprint density at radius 1 is 1.37 bits per heavy atom. The van der Waals surface area contributed by atoms with Crippen LogP contribution in [0.2, 0.25) is 0 Å². The predicted molar refractivity (Wildman–Crippen MR) is 74.0 cm³/mol. The van der Waals surface area contributed by atoms with Crippen molar-refractivity contribution in [1.29, 1.82) is 0 Å². The minimum atomic E-state index is -0.360. The van der Waals surface area contributed by atoms with Crippen LogP contribution in [0.3, 0.4) is 0 Å². The molecule has 0 bridgehead atoms. The highest BCUT2D eigenvalue weighted by Gasteiger charge is 2.19. The van der Waals surface area contributed by atoms with Crippen LogP contribution in [0.25, 0.3) is 0 Å². The maximum absolute atomic E-state index is 11.8. The molecule has 1 aromatic rings. The molecule has 0 saturated carbocycles. The van der Waals surface area contributed by atoms with Crippen molar-refractivity contribution in [1.82, 2.24) is 15.0 Å². The lowest BCUT2D eigenvalue weighted by Gasteiger charge is -2.08. The van der Waals surface area contributed by atoms with Gasteiger partial charge >= 0.3 is 5.97 Å². The van der Waals surface area contributed by atoms with Crippen LogP contribution >= 0.6 is 0 Å². The van der Waals surface area contributed by atoms with E-state index >= 15 is 0 Å². The molecule has 0 aliphatic rings. The first-order valence-corrected chi connectivity index (χ1v) is 7.19. The SMILES string of the molecule is CCCc1c(C(=O)OCC)nnn1CCCC(C)C. The van der Waals surface area contributed by atoms with E-state index in [0.717, 1.165) is 37.9 Å². The Morgan fingerprint density at radius 3 is 2.68 bits per heavy atom. The van der Waals surface area contributed by atoms with E-state index in [1.54, 1.807) is 6.92 Å². The first-order chi connectivity index (χ1) is 9.10. The van der Waals surface area contributed by atoms with Crippen molar-refractivity contribution in [2.24, 2.45) is 5.92 Å². The summed E-state index contributed by atoms with van der Waals surface area (Å²) in [6.45, 7) is 9.48. The zero-order valence-corrected chi connectivity index (χ0v) is 12.5. The molecule has 1 heterocycles. The Balaban J connectivity index is 2.77. The molecule has 0 amide bonds. The van der Waals surface area contributed by atoms with Gasteiger partial charge in [0.25, 0.3) is 0 Å². The van der Waals surface area contributed by atoms with Gasteiger partial charge in [0.2, 0.25) is 0 Å². The first-order valence-electron chi connectivity index (χ1n) is 7.19. The number of carbonyl (C=O) groups excluding carboxylic acids is 1. The smallest absolute Gasteiger partial charge is 0.360 e. The fraction of sp³-hybridized carbons (Fsp3) is 0.786. The molecule has 5 heteroatoms. The Labute approximate surface area is 115 Å². The molecule has 0 atom stereocenters. The van der Waals surface area contributed by atoms with Crippen LogP contribution < -0.4 is 0 Å². The Morgan fingerprint density at radius 2 is 2.11 bits per heavy atom. The number of aromatic nitrogens is 3. The molecule has 0 aliphatic heterocycles. The van der Waals surface area contributed by atoms with E-state index in [-0.39, 0.29) is 5.97 Å². The zero-order chi connectivity index (χ0) is 14.3. The van der Waals surface area contributed by atoms with Gasteiger partial charge in [-0.05, 0) is 32.1 Å². The summed E-state index contributed by atoms with van der Waals surface area (Å²) in [6.07, 6.45) is 3.98. The monoisotopic (exact) mass is 267 g/mol. The summed E-state index contributed by atoms with van der Waals surface area (Å²) >= 11 is 0. The Bertz CT molecular complexity index is 399. The average molecular weight is 267 g/mol. The molecule has 0 aliphatic carbocycles. The van der Waals surface area contributed by atoms with Crippen molar-refractivity contribution >= 4 is 5.97 Å². The summed E-state index contributed by atoms with van der Waals surface area (Å²) in [7, 11) is 0. The first kappa shape index (κ1) is 15.7. The number of carbonyl (C=O) groups is 1. The van der Waals surface area contributed by atoms with Crippen molar-refractivity contribution in [3.05, 3.63) is 11.4 Å². The number of hydrogen-bond donors (Lipinski definition) is 0. The van der Waals surface area contributed by atoms with Crippen LogP contribution in [-0.2, 0) is 17.7 Å². The van der Waals surface area contributed by atoms with Crippen LogP contribution in [-0.4, -0.2) is 27.6 Å². The van der Waals surface area contributed by atoms with Gasteiger partial charge in [-0.2, -0.15) is 0 Å². The molecular weight excluding hydrogens is 242 g/mol. The fourth-order valence-electron chi connectivity index (χ4n) is 2.00. The second-order valence-corrected chi connectivity index (χ2v) is 5.11. The summed E-state index contributed by atoms with van der Waals surface area (Å²) < 4.78 is 6.88. The van der Waals surface area contributed by atoms with Gasteiger partial charge in [-0.3, -0.25) is 0 Å². The van der Waals surface area contributed by atoms with E-state index in [0.29, 0.717) is 18.2 Å². The quantitative estimate of drug-likeness (QED) is 0.680. The minimum Gasteiger partial charge on any atom is -0.461 e.